The summed E-state index contributed by atoms with van der Waals surface area (Å²) in [5.41, 5.74) is 4.42. The molecule has 0 bridgehead atoms. The number of aliphatic hydroxyl groups excluding tert-OH is 1. The SMILES string of the molecule is CC(CO)c1cc(C2CC2)ccc1C1CC1. The van der Waals surface area contributed by atoms with Gasteiger partial charge in [0, 0.05) is 12.5 Å². The molecule has 0 spiro atoms. The lowest BCUT2D eigenvalue weighted by Crippen LogP contribution is -2.03. The molecule has 2 aliphatic rings. The van der Waals surface area contributed by atoms with Crippen molar-refractivity contribution in [2.45, 2.75) is 50.4 Å². The molecule has 2 saturated carbocycles. The molecule has 1 heteroatoms. The third kappa shape index (κ3) is 1.89. The van der Waals surface area contributed by atoms with Gasteiger partial charge in [0.1, 0.15) is 0 Å². The first-order valence-corrected chi connectivity index (χ1v) is 6.54. The Balaban J connectivity index is 1.97. The van der Waals surface area contributed by atoms with E-state index in [1.54, 1.807) is 0 Å². The van der Waals surface area contributed by atoms with Gasteiger partial charge < -0.3 is 5.11 Å². The molecule has 0 amide bonds. The Labute approximate surface area is 97.5 Å². The van der Waals surface area contributed by atoms with Crippen molar-refractivity contribution in [2.75, 3.05) is 6.61 Å². The topological polar surface area (TPSA) is 20.2 Å². The van der Waals surface area contributed by atoms with Crippen molar-refractivity contribution in [1.29, 1.82) is 0 Å². The van der Waals surface area contributed by atoms with Crippen LogP contribution < -0.4 is 0 Å². The Morgan fingerprint density at radius 1 is 1.19 bits per heavy atom. The summed E-state index contributed by atoms with van der Waals surface area (Å²) in [6.45, 7) is 2.41. The molecule has 16 heavy (non-hydrogen) atoms. The van der Waals surface area contributed by atoms with Crippen LogP contribution in [0.4, 0.5) is 0 Å². The van der Waals surface area contributed by atoms with Gasteiger partial charge in [0.05, 0.1) is 0 Å². The fraction of sp³-hybridized carbons (Fsp3) is 0.600. The smallest absolute Gasteiger partial charge is 0.0497 e. The molecule has 0 aliphatic heterocycles. The number of benzene rings is 1. The van der Waals surface area contributed by atoms with Gasteiger partial charge in [-0.3, -0.25) is 0 Å². The van der Waals surface area contributed by atoms with Crippen molar-refractivity contribution in [1.82, 2.24) is 0 Å². The van der Waals surface area contributed by atoms with E-state index in [1.165, 1.54) is 42.4 Å². The van der Waals surface area contributed by atoms with Gasteiger partial charge in [0.25, 0.3) is 0 Å². The molecule has 1 atom stereocenters. The minimum Gasteiger partial charge on any atom is -0.396 e. The summed E-state index contributed by atoms with van der Waals surface area (Å²) in [5.74, 6) is 1.91. The molecular weight excluding hydrogens is 196 g/mol. The van der Waals surface area contributed by atoms with Crippen LogP contribution >= 0.6 is 0 Å². The summed E-state index contributed by atoms with van der Waals surface area (Å²) in [6.07, 6.45) is 5.40. The van der Waals surface area contributed by atoms with Crippen LogP contribution in [0.3, 0.4) is 0 Å². The minimum atomic E-state index is 0.272. The van der Waals surface area contributed by atoms with Crippen molar-refractivity contribution < 1.29 is 5.11 Å². The largest absolute Gasteiger partial charge is 0.396 e. The predicted octanol–water partition coefficient (Wildman–Crippen LogP) is 3.54. The quantitative estimate of drug-likeness (QED) is 0.816. The highest BCUT2D eigenvalue weighted by molar-refractivity contribution is 5.41. The van der Waals surface area contributed by atoms with Crippen LogP contribution in [0.15, 0.2) is 18.2 Å². The molecule has 86 valence electrons. The molecule has 2 fully saturated rings. The Morgan fingerprint density at radius 2 is 1.88 bits per heavy atom. The van der Waals surface area contributed by atoms with E-state index in [1.807, 2.05) is 0 Å². The van der Waals surface area contributed by atoms with Crippen LogP contribution in [0.2, 0.25) is 0 Å². The Hall–Kier alpha value is -0.820. The third-order valence-corrected chi connectivity index (χ3v) is 3.98. The lowest BCUT2D eigenvalue weighted by molar-refractivity contribution is 0.272. The first-order chi connectivity index (χ1) is 7.79. The van der Waals surface area contributed by atoms with E-state index < -0.39 is 0 Å². The van der Waals surface area contributed by atoms with Crippen molar-refractivity contribution in [2.24, 2.45) is 0 Å². The Bertz CT molecular complexity index is 388. The Kier molecular flexibility index (Phi) is 2.51. The van der Waals surface area contributed by atoms with Crippen molar-refractivity contribution in [3.8, 4) is 0 Å². The monoisotopic (exact) mass is 216 g/mol. The van der Waals surface area contributed by atoms with Crippen LogP contribution in [0.25, 0.3) is 0 Å². The molecule has 2 aliphatic carbocycles. The number of rotatable bonds is 4. The third-order valence-electron chi connectivity index (χ3n) is 3.98. The molecule has 0 aromatic heterocycles. The molecular formula is C15H20O. The highest BCUT2D eigenvalue weighted by Gasteiger charge is 2.29. The van der Waals surface area contributed by atoms with Crippen LogP contribution in [0.5, 0.6) is 0 Å². The zero-order valence-corrected chi connectivity index (χ0v) is 9.95. The van der Waals surface area contributed by atoms with E-state index in [0.29, 0.717) is 5.92 Å². The molecule has 1 aromatic carbocycles. The van der Waals surface area contributed by atoms with Gasteiger partial charge in [0.2, 0.25) is 0 Å². The molecule has 1 N–H and O–H groups in total. The highest BCUT2D eigenvalue weighted by atomic mass is 16.3. The van der Waals surface area contributed by atoms with Gasteiger partial charge in [-0.05, 0) is 54.2 Å². The molecule has 0 saturated heterocycles. The average Bonchev–Trinajstić information content (AvgIpc) is 3.20. The second kappa shape index (κ2) is 3.89. The first-order valence-electron chi connectivity index (χ1n) is 6.54. The van der Waals surface area contributed by atoms with E-state index in [9.17, 15) is 5.11 Å². The summed E-state index contributed by atoms with van der Waals surface area (Å²) in [4.78, 5) is 0. The fourth-order valence-corrected chi connectivity index (χ4v) is 2.56. The zero-order valence-electron chi connectivity index (χ0n) is 9.95. The maximum absolute atomic E-state index is 9.36. The summed E-state index contributed by atoms with van der Waals surface area (Å²) in [5, 5.41) is 9.36. The van der Waals surface area contributed by atoms with Gasteiger partial charge >= 0.3 is 0 Å². The maximum atomic E-state index is 9.36. The van der Waals surface area contributed by atoms with Crippen LogP contribution in [-0.4, -0.2) is 11.7 Å². The van der Waals surface area contributed by atoms with E-state index in [2.05, 4.69) is 25.1 Å². The number of aliphatic hydroxyl groups is 1. The first kappa shape index (κ1) is 10.3. The van der Waals surface area contributed by atoms with E-state index in [-0.39, 0.29) is 6.61 Å². The molecule has 3 rings (SSSR count). The predicted molar refractivity (Wildman–Crippen MR) is 65.9 cm³/mol. The molecule has 1 nitrogen and oxygen atoms in total. The molecule has 1 aromatic rings. The van der Waals surface area contributed by atoms with Gasteiger partial charge in [0.15, 0.2) is 0 Å². The van der Waals surface area contributed by atoms with Gasteiger partial charge in [-0.1, -0.05) is 25.1 Å². The summed E-state index contributed by atoms with van der Waals surface area (Å²) >= 11 is 0. The minimum absolute atomic E-state index is 0.272. The number of hydrogen-bond donors (Lipinski definition) is 1. The highest BCUT2D eigenvalue weighted by Crippen LogP contribution is 2.46. The normalized spacial score (nSPS) is 22.1. The van der Waals surface area contributed by atoms with E-state index in [4.69, 9.17) is 0 Å². The van der Waals surface area contributed by atoms with E-state index in [0.717, 1.165) is 11.8 Å². The molecule has 0 heterocycles. The van der Waals surface area contributed by atoms with Crippen molar-refractivity contribution in [3.05, 3.63) is 34.9 Å². The van der Waals surface area contributed by atoms with Crippen LogP contribution in [-0.2, 0) is 0 Å². The molecule has 0 radical (unpaired) electrons. The van der Waals surface area contributed by atoms with Crippen molar-refractivity contribution in [3.63, 3.8) is 0 Å². The zero-order chi connectivity index (χ0) is 11.1. The van der Waals surface area contributed by atoms with Crippen molar-refractivity contribution >= 4 is 0 Å². The fourth-order valence-electron chi connectivity index (χ4n) is 2.56. The average molecular weight is 216 g/mol. The lowest BCUT2D eigenvalue weighted by atomic mass is 9.91. The van der Waals surface area contributed by atoms with Gasteiger partial charge in [-0.15, -0.1) is 0 Å². The maximum Gasteiger partial charge on any atom is 0.0497 e. The van der Waals surface area contributed by atoms with Gasteiger partial charge in [-0.25, -0.2) is 0 Å². The molecule has 1 unspecified atom stereocenters. The Morgan fingerprint density at radius 3 is 2.44 bits per heavy atom. The summed E-state index contributed by atoms with van der Waals surface area (Å²) in [7, 11) is 0. The van der Waals surface area contributed by atoms with Gasteiger partial charge in [-0.2, -0.15) is 0 Å². The lowest BCUT2D eigenvalue weighted by Gasteiger charge is -2.16. The standard InChI is InChI=1S/C15H20O/c1-10(9-16)15-8-13(11-2-3-11)6-7-14(15)12-4-5-12/h6-8,10-12,16H,2-5,9H2,1H3. The van der Waals surface area contributed by atoms with E-state index >= 15 is 0 Å². The summed E-state index contributed by atoms with van der Waals surface area (Å²) in [6, 6.07) is 7.01. The second-order valence-corrected chi connectivity index (χ2v) is 5.52. The van der Waals surface area contributed by atoms with Crippen LogP contribution in [0, 0.1) is 0 Å². The number of hydrogen-bond acceptors (Lipinski definition) is 1. The summed E-state index contributed by atoms with van der Waals surface area (Å²) < 4.78 is 0. The van der Waals surface area contributed by atoms with Crippen LogP contribution in [0.1, 0.15) is 67.1 Å². The second-order valence-electron chi connectivity index (χ2n) is 5.52.